The Kier molecular flexibility index (Phi) is 7.06. The van der Waals surface area contributed by atoms with Crippen molar-refractivity contribution in [3.8, 4) is 0 Å². The van der Waals surface area contributed by atoms with Gasteiger partial charge in [0.1, 0.15) is 6.04 Å². The van der Waals surface area contributed by atoms with Gasteiger partial charge in [-0.25, -0.2) is 4.98 Å². The standard InChI is InChI=1S/C19H24N4O3S/c1-11(2)8-15(22-17(25)14-7-5-4-6-12(14)3)18(26)23-19-21-13(10-27-19)9-16(20)24/h4-7,10-11,15H,8-9H2,1-3H3,(H2,20,24)(H,22,25)(H,21,23,26). The molecule has 0 bridgehead atoms. The van der Waals surface area contributed by atoms with Gasteiger partial charge in [0.2, 0.25) is 11.8 Å². The number of nitrogens with one attached hydrogen (secondary N) is 2. The number of aromatic nitrogens is 1. The van der Waals surface area contributed by atoms with E-state index in [-0.39, 0.29) is 24.2 Å². The van der Waals surface area contributed by atoms with Crippen LogP contribution in [0.1, 0.15) is 41.9 Å². The second kappa shape index (κ2) is 9.27. The Morgan fingerprint density at radius 3 is 2.56 bits per heavy atom. The smallest absolute Gasteiger partial charge is 0.252 e. The summed E-state index contributed by atoms with van der Waals surface area (Å²) in [6.45, 7) is 5.81. The van der Waals surface area contributed by atoms with E-state index in [0.717, 1.165) is 5.56 Å². The van der Waals surface area contributed by atoms with Gasteiger partial charge in [0.25, 0.3) is 5.91 Å². The molecule has 144 valence electrons. The van der Waals surface area contributed by atoms with E-state index < -0.39 is 11.9 Å². The molecule has 0 spiro atoms. The molecule has 1 unspecified atom stereocenters. The SMILES string of the molecule is Cc1ccccc1C(=O)NC(CC(C)C)C(=O)Nc1nc(CC(N)=O)cs1. The van der Waals surface area contributed by atoms with Crippen LogP contribution in [0.2, 0.25) is 0 Å². The van der Waals surface area contributed by atoms with Crippen LogP contribution in [0, 0.1) is 12.8 Å². The van der Waals surface area contributed by atoms with E-state index in [9.17, 15) is 14.4 Å². The van der Waals surface area contributed by atoms with Gasteiger partial charge in [0.15, 0.2) is 5.13 Å². The zero-order valence-corrected chi connectivity index (χ0v) is 16.4. The highest BCUT2D eigenvalue weighted by atomic mass is 32.1. The van der Waals surface area contributed by atoms with Gasteiger partial charge < -0.3 is 16.4 Å². The minimum atomic E-state index is -0.694. The van der Waals surface area contributed by atoms with E-state index in [2.05, 4.69) is 15.6 Å². The highest BCUT2D eigenvalue weighted by molar-refractivity contribution is 7.13. The van der Waals surface area contributed by atoms with Gasteiger partial charge in [0.05, 0.1) is 12.1 Å². The number of primary amides is 1. The van der Waals surface area contributed by atoms with Gasteiger partial charge in [-0.15, -0.1) is 11.3 Å². The summed E-state index contributed by atoms with van der Waals surface area (Å²) in [7, 11) is 0. The van der Waals surface area contributed by atoms with Crippen molar-refractivity contribution < 1.29 is 14.4 Å². The van der Waals surface area contributed by atoms with Gasteiger partial charge in [-0.3, -0.25) is 14.4 Å². The van der Waals surface area contributed by atoms with Crippen LogP contribution in [0.15, 0.2) is 29.6 Å². The molecular formula is C19H24N4O3S. The van der Waals surface area contributed by atoms with E-state index in [0.29, 0.717) is 22.8 Å². The molecule has 2 aromatic rings. The van der Waals surface area contributed by atoms with Gasteiger partial charge in [-0.05, 0) is 30.9 Å². The number of carbonyl (C=O) groups excluding carboxylic acids is 3. The Morgan fingerprint density at radius 1 is 1.22 bits per heavy atom. The molecule has 7 nitrogen and oxygen atoms in total. The first-order chi connectivity index (χ1) is 12.8. The highest BCUT2D eigenvalue weighted by Gasteiger charge is 2.24. The normalized spacial score (nSPS) is 11.9. The maximum atomic E-state index is 12.7. The molecular weight excluding hydrogens is 364 g/mol. The zero-order valence-electron chi connectivity index (χ0n) is 15.6. The summed E-state index contributed by atoms with van der Waals surface area (Å²) in [6.07, 6.45) is 0.509. The van der Waals surface area contributed by atoms with E-state index in [1.165, 1.54) is 11.3 Å². The van der Waals surface area contributed by atoms with Gasteiger partial charge >= 0.3 is 0 Å². The largest absolute Gasteiger partial charge is 0.369 e. The van der Waals surface area contributed by atoms with Crippen molar-refractivity contribution in [2.24, 2.45) is 11.7 Å². The molecule has 2 rings (SSSR count). The molecule has 0 saturated carbocycles. The van der Waals surface area contributed by atoms with Gasteiger partial charge in [-0.2, -0.15) is 0 Å². The quantitative estimate of drug-likeness (QED) is 0.643. The number of anilines is 1. The number of hydrogen-bond acceptors (Lipinski definition) is 5. The Labute approximate surface area is 162 Å². The number of carbonyl (C=O) groups is 3. The molecule has 4 N–H and O–H groups in total. The minimum absolute atomic E-state index is 0.0197. The van der Waals surface area contributed by atoms with Crippen LogP contribution < -0.4 is 16.4 Å². The average Bonchev–Trinajstić information content (AvgIpc) is 3.00. The van der Waals surface area contributed by atoms with Crippen LogP contribution in [0.5, 0.6) is 0 Å². The fourth-order valence-electron chi connectivity index (χ4n) is 2.58. The molecule has 0 saturated heterocycles. The van der Waals surface area contributed by atoms with E-state index in [1.807, 2.05) is 32.9 Å². The third-order valence-corrected chi connectivity index (χ3v) is 4.66. The maximum absolute atomic E-state index is 12.7. The first-order valence-electron chi connectivity index (χ1n) is 8.66. The number of benzene rings is 1. The average molecular weight is 388 g/mol. The molecule has 3 amide bonds. The molecule has 0 aliphatic heterocycles. The third kappa shape index (κ3) is 6.18. The number of thiazole rings is 1. The summed E-state index contributed by atoms with van der Waals surface area (Å²) in [4.78, 5) is 40.4. The number of hydrogen-bond donors (Lipinski definition) is 3. The number of aryl methyl sites for hydroxylation is 1. The number of rotatable bonds is 8. The Morgan fingerprint density at radius 2 is 1.93 bits per heavy atom. The summed E-state index contributed by atoms with van der Waals surface area (Å²) in [5.74, 6) is -0.908. The number of nitrogens with zero attached hydrogens (tertiary/aromatic N) is 1. The third-order valence-electron chi connectivity index (χ3n) is 3.86. The van der Waals surface area contributed by atoms with Crippen LogP contribution in [0.3, 0.4) is 0 Å². The van der Waals surface area contributed by atoms with E-state index >= 15 is 0 Å². The summed E-state index contributed by atoms with van der Waals surface area (Å²) in [5, 5.41) is 7.57. The van der Waals surface area contributed by atoms with Crippen molar-refractivity contribution in [2.45, 2.75) is 39.7 Å². The van der Waals surface area contributed by atoms with Crippen LogP contribution in [-0.2, 0) is 16.0 Å². The van der Waals surface area contributed by atoms with Crippen molar-refractivity contribution in [2.75, 3.05) is 5.32 Å². The first kappa shape index (κ1) is 20.6. The first-order valence-corrected chi connectivity index (χ1v) is 9.54. The molecule has 8 heteroatoms. The highest BCUT2D eigenvalue weighted by Crippen LogP contribution is 2.17. The van der Waals surface area contributed by atoms with Crippen LogP contribution in [0.25, 0.3) is 0 Å². The van der Waals surface area contributed by atoms with Crippen molar-refractivity contribution in [1.82, 2.24) is 10.3 Å². The molecule has 1 atom stereocenters. The lowest BCUT2D eigenvalue weighted by Gasteiger charge is -2.20. The summed E-state index contributed by atoms with van der Waals surface area (Å²) in [5.41, 5.74) is 7.04. The molecule has 1 heterocycles. The second-order valence-electron chi connectivity index (χ2n) is 6.75. The van der Waals surface area contributed by atoms with Gasteiger partial charge in [-0.1, -0.05) is 32.0 Å². The fourth-order valence-corrected chi connectivity index (χ4v) is 3.30. The molecule has 0 aliphatic carbocycles. The molecule has 1 aromatic heterocycles. The lowest BCUT2D eigenvalue weighted by atomic mass is 10.0. The lowest BCUT2D eigenvalue weighted by Crippen LogP contribution is -2.44. The summed E-state index contributed by atoms with van der Waals surface area (Å²) < 4.78 is 0. The Bertz CT molecular complexity index is 832. The number of amides is 3. The van der Waals surface area contributed by atoms with Crippen molar-refractivity contribution >= 4 is 34.2 Å². The van der Waals surface area contributed by atoms with Gasteiger partial charge in [0, 0.05) is 10.9 Å². The van der Waals surface area contributed by atoms with Crippen molar-refractivity contribution in [1.29, 1.82) is 0 Å². The summed E-state index contributed by atoms with van der Waals surface area (Å²) >= 11 is 1.21. The molecule has 0 fully saturated rings. The predicted octanol–water partition coefficient (Wildman–Crippen LogP) is 2.26. The Balaban J connectivity index is 2.09. The molecule has 27 heavy (non-hydrogen) atoms. The minimum Gasteiger partial charge on any atom is -0.369 e. The molecule has 1 aromatic carbocycles. The summed E-state index contributed by atoms with van der Waals surface area (Å²) in [6, 6.07) is 6.53. The lowest BCUT2D eigenvalue weighted by molar-refractivity contribution is -0.118. The van der Waals surface area contributed by atoms with E-state index in [4.69, 9.17) is 5.73 Å². The van der Waals surface area contributed by atoms with Crippen LogP contribution >= 0.6 is 11.3 Å². The van der Waals surface area contributed by atoms with Crippen molar-refractivity contribution in [3.63, 3.8) is 0 Å². The fraction of sp³-hybridized carbons (Fsp3) is 0.368. The topological polar surface area (TPSA) is 114 Å². The predicted molar refractivity (Wildman–Crippen MR) is 106 cm³/mol. The second-order valence-corrected chi connectivity index (χ2v) is 7.60. The van der Waals surface area contributed by atoms with Crippen molar-refractivity contribution in [3.05, 3.63) is 46.5 Å². The molecule has 0 aliphatic rings. The molecule has 0 radical (unpaired) electrons. The monoisotopic (exact) mass is 388 g/mol. The zero-order chi connectivity index (χ0) is 20.0. The van der Waals surface area contributed by atoms with Crippen LogP contribution in [0.4, 0.5) is 5.13 Å². The Hall–Kier alpha value is -2.74. The van der Waals surface area contributed by atoms with Crippen LogP contribution in [-0.4, -0.2) is 28.7 Å². The number of nitrogens with two attached hydrogens (primary N) is 1. The maximum Gasteiger partial charge on any atom is 0.252 e. The van der Waals surface area contributed by atoms with E-state index in [1.54, 1.807) is 17.5 Å².